The van der Waals surface area contributed by atoms with Crippen molar-refractivity contribution in [3.63, 3.8) is 0 Å². The summed E-state index contributed by atoms with van der Waals surface area (Å²) in [5.41, 5.74) is 3.30. The quantitative estimate of drug-likeness (QED) is 0.0161. The fraction of sp³-hybridized carbons (Fsp3) is 0.333. The van der Waals surface area contributed by atoms with Crippen LogP contribution in [0.2, 0.25) is 0 Å². The minimum Gasteiger partial charge on any atom is -0.462 e. The second-order valence-electron chi connectivity index (χ2n) is 28.3. The highest BCUT2D eigenvalue weighted by Gasteiger charge is 2.54. The molecule has 0 unspecified atom stereocenters. The van der Waals surface area contributed by atoms with Gasteiger partial charge in [0.05, 0.1) is 58.9 Å². The van der Waals surface area contributed by atoms with Gasteiger partial charge in [-0.3, -0.25) is 14.4 Å². The third kappa shape index (κ3) is 13.2. The van der Waals surface area contributed by atoms with Gasteiger partial charge in [0.1, 0.15) is 0 Å². The number of benzene rings is 12. The van der Waals surface area contributed by atoms with E-state index in [2.05, 4.69) is 136 Å². The Kier molecular flexibility index (Phi) is 21.2. The highest BCUT2D eigenvalue weighted by Crippen LogP contribution is 2.50. The first-order valence-electron chi connectivity index (χ1n) is 34.6. The molecule has 2 heterocycles. The molecule has 0 N–H and O–H groups in total. The summed E-state index contributed by atoms with van der Waals surface area (Å²) in [6.07, 6.45) is 5.13. The molecule has 2 aliphatic rings. The van der Waals surface area contributed by atoms with Crippen LogP contribution in [0.15, 0.2) is 142 Å². The Balaban J connectivity index is 0.000000182. The molecule has 0 radical (unpaired) electrons. The first-order chi connectivity index (χ1) is 47.6. The van der Waals surface area contributed by atoms with Crippen LogP contribution in [0, 0.1) is 0 Å². The predicted molar refractivity (Wildman–Crippen MR) is 421 cm³/mol. The fourth-order valence-corrected chi connectivity index (χ4v) is 15.3. The molecule has 13 nitrogen and oxygen atoms in total. The molecule has 14 rings (SSSR count). The third-order valence-electron chi connectivity index (χ3n) is 20.7. The summed E-state index contributed by atoms with van der Waals surface area (Å²) in [6.45, 7) is 28.3. The number of hydrogen-bond donors (Lipinski definition) is 0. The third-order valence-corrected chi connectivity index (χ3v) is 22.0. The predicted octanol–water partition coefficient (Wildman–Crippen LogP) is 20.8. The van der Waals surface area contributed by atoms with Crippen molar-refractivity contribution >= 4 is 189 Å². The number of hydrogen-bond acceptors (Lipinski definition) is 13. The summed E-state index contributed by atoms with van der Waals surface area (Å²) in [5, 5.41) is 16.7. The van der Waals surface area contributed by atoms with Crippen LogP contribution in [0.4, 0.5) is 0 Å². The zero-order chi connectivity index (χ0) is 71.7. The normalized spacial score (nSPS) is 15.2. The topological polar surface area (TPSA) is 167 Å². The van der Waals surface area contributed by atoms with Crippen molar-refractivity contribution in [2.75, 3.05) is 19.8 Å². The maximum atomic E-state index is 13.4. The van der Waals surface area contributed by atoms with Crippen molar-refractivity contribution in [2.45, 2.75) is 165 Å². The first-order valence-corrected chi connectivity index (χ1v) is 36.1. The second-order valence-corrected chi connectivity index (χ2v) is 30.0. The zero-order valence-electron chi connectivity index (χ0n) is 59.3. The monoisotopic (exact) mass is 1490 g/mol. The maximum absolute atomic E-state index is 13.4. The Labute approximate surface area is 609 Å². The Morgan fingerprint density at radius 3 is 0.851 bits per heavy atom. The molecule has 0 aliphatic carbocycles. The molecule has 12 aromatic rings. The van der Waals surface area contributed by atoms with Crippen molar-refractivity contribution in [1.29, 1.82) is 0 Å². The number of carbonyl (C=O) groups is 6. The smallest absolute Gasteiger partial charge is 0.462 e. The van der Waals surface area contributed by atoms with Gasteiger partial charge in [-0.1, -0.05) is 176 Å². The van der Waals surface area contributed by atoms with Gasteiger partial charge in [0, 0.05) is 48.6 Å². The van der Waals surface area contributed by atoms with Crippen molar-refractivity contribution in [3.8, 4) is 0 Å². The average Bonchev–Trinajstić information content (AvgIpc) is 0.864. The molecule has 101 heavy (non-hydrogen) atoms. The zero-order valence-corrected chi connectivity index (χ0v) is 62.5. The number of esters is 3. The van der Waals surface area contributed by atoms with Gasteiger partial charge in [0.25, 0.3) is 0 Å². The summed E-state index contributed by atoms with van der Waals surface area (Å²) in [4.78, 5) is 77.2. The van der Waals surface area contributed by atoms with Gasteiger partial charge < -0.3 is 32.8 Å². The lowest BCUT2D eigenvalue weighted by atomic mass is 9.70. The molecule has 0 amide bonds. The van der Waals surface area contributed by atoms with Crippen LogP contribution in [0.1, 0.15) is 206 Å². The number of halogens is 2. The molecule has 0 atom stereocenters. The minimum absolute atomic E-state index is 0. The van der Waals surface area contributed by atoms with Crippen molar-refractivity contribution in [2.24, 2.45) is 0 Å². The second kappa shape index (κ2) is 28.9. The number of Topliss-reactive ketones (excluding diaryl/α,β-unsaturated/α-hetero) is 3. The molecular weight excluding hydrogens is 1400 g/mol. The standard InChI is InChI=1S/C44H36O6.C22H30B2O4.C17H16Br2O3.CH4.H2/c1-5-7-21-49-43(47)35-19-17-33-31-15-16-32-34-18-20-36(44(48)50-22-8-6-2)38-26(24(4)46)10-12-28(40(34)38)30-14-13-29(41(31)42(30)32)27-11-9-25(23(3)45)37(35)39(27)33;1-19(2)20(3,4)26-23(25-19)17-13-14-18(16-12-10-9-11-15(16)17)24-27-21(5,6)22(7,8)28-24;1-3-4-9-22-17(21)12-6-8-14(19)16-13(18)7-5-11(10(2)20)15(12)16;;/h9-20H,5-8,21-22H2,1-4H3;9-14H,1-8H3;5-8H,3-4,9H2,1-2H3;1H4;1H/i;;;;1+1. The number of fused-ring (bicyclic) bond motifs is 6. The molecule has 12 aromatic carbocycles. The molecule has 0 bridgehead atoms. The largest absolute Gasteiger partial charge is 0.495 e. The van der Waals surface area contributed by atoms with Crippen molar-refractivity contribution < 1.29 is 63.0 Å². The van der Waals surface area contributed by atoms with Crippen molar-refractivity contribution in [1.82, 2.24) is 0 Å². The van der Waals surface area contributed by atoms with Crippen LogP contribution >= 0.6 is 31.9 Å². The molecule has 17 heteroatoms. The molecule has 2 fully saturated rings. The van der Waals surface area contributed by atoms with E-state index in [0.717, 1.165) is 139 Å². The molecule has 522 valence electrons. The van der Waals surface area contributed by atoms with Gasteiger partial charge in [-0.25, -0.2) is 14.4 Å². The minimum atomic E-state index is -0.427. The highest BCUT2D eigenvalue weighted by atomic mass is 79.9. The van der Waals surface area contributed by atoms with E-state index in [-0.39, 0.29) is 48.6 Å². The molecule has 0 spiro atoms. The molecule has 2 saturated heterocycles. The van der Waals surface area contributed by atoms with Gasteiger partial charge in [-0.15, -0.1) is 0 Å². The lowest BCUT2D eigenvalue weighted by Crippen LogP contribution is -2.41. The van der Waals surface area contributed by atoms with E-state index in [1.165, 1.54) is 20.8 Å². The van der Waals surface area contributed by atoms with E-state index in [1.54, 1.807) is 30.3 Å². The van der Waals surface area contributed by atoms with E-state index in [4.69, 9.17) is 32.8 Å². The van der Waals surface area contributed by atoms with Gasteiger partial charge in [-0.2, -0.15) is 0 Å². The van der Waals surface area contributed by atoms with Crippen LogP contribution < -0.4 is 10.9 Å². The SMILES string of the molecule is C.CC1(C)OB(c2ccc(B3OC(C)(C)C(C)(C)O3)c3ccccc23)OC1(C)C.CCCCOC(=O)c1ccc(Br)c2c(Br)ccc(C(C)=O)c12.CCCCOC(=O)c1ccc2c3ccc4c5ccc(C(=O)OCCCC)c6c(C(C)=O)ccc(c7ccc(c8ccc(C(C)=O)c1c82)c3c74)c65.[2HH]. The van der Waals surface area contributed by atoms with Gasteiger partial charge >= 0.3 is 32.1 Å². The summed E-state index contributed by atoms with van der Waals surface area (Å²) >= 11 is 6.97. The first kappa shape index (κ1) is 74.1. The van der Waals surface area contributed by atoms with E-state index >= 15 is 0 Å². The highest BCUT2D eigenvalue weighted by molar-refractivity contribution is 9.11. The van der Waals surface area contributed by atoms with Gasteiger partial charge in [0.15, 0.2) is 17.3 Å². The summed E-state index contributed by atoms with van der Waals surface area (Å²) in [6, 6.07) is 43.2. The number of ketones is 3. The number of rotatable bonds is 17. The Morgan fingerprint density at radius 2 is 0.574 bits per heavy atom. The summed E-state index contributed by atoms with van der Waals surface area (Å²) < 4.78 is 43.5. The van der Waals surface area contributed by atoms with E-state index < -0.39 is 32.1 Å². The Bertz CT molecular complexity index is 4940. The summed E-state index contributed by atoms with van der Waals surface area (Å²) in [5.74, 6) is -1.57. The average molecular weight is 1490 g/mol. The number of carbonyl (C=O) groups excluding carboxylic acids is 6. The van der Waals surface area contributed by atoms with E-state index in [9.17, 15) is 28.8 Å². The Morgan fingerprint density at radius 1 is 0.337 bits per heavy atom. The lowest BCUT2D eigenvalue weighted by molar-refractivity contribution is 0.00578. The molecule has 0 aromatic heterocycles. The van der Waals surface area contributed by atoms with Crippen LogP contribution in [0.25, 0.3) is 97.0 Å². The Hall–Kier alpha value is -8.15. The number of unbranched alkanes of at least 4 members (excludes halogenated alkanes) is 3. The molecule has 0 saturated carbocycles. The van der Waals surface area contributed by atoms with Crippen LogP contribution in [-0.2, 0) is 32.8 Å². The van der Waals surface area contributed by atoms with E-state index in [0.29, 0.717) is 69.4 Å². The van der Waals surface area contributed by atoms with Crippen LogP contribution in [0.3, 0.4) is 0 Å². The number of ether oxygens (including phenoxy) is 3. The van der Waals surface area contributed by atoms with Crippen LogP contribution in [0.5, 0.6) is 0 Å². The summed E-state index contributed by atoms with van der Waals surface area (Å²) in [7, 11) is -0.801. The maximum Gasteiger partial charge on any atom is 0.495 e. The van der Waals surface area contributed by atoms with Gasteiger partial charge in [-0.05, 0) is 218 Å². The van der Waals surface area contributed by atoms with E-state index in [1.807, 2.05) is 75.4 Å². The fourth-order valence-electron chi connectivity index (χ4n) is 13.9. The van der Waals surface area contributed by atoms with Gasteiger partial charge in [0.2, 0.25) is 0 Å². The molecule has 2 aliphatic heterocycles. The van der Waals surface area contributed by atoms with Crippen LogP contribution in [-0.4, -0.2) is 91.7 Å². The van der Waals surface area contributed by atoms with Crippen molar-refractivity contribution in [3.05, 3.63) is 176 Å². The lowest BCUT2D eigenvalue weighted by Gasteiger charge is -2.32. The molecular formula is C84H88B2Br2O13.